The fourth-order valence-electron chi connectivity index (χ4n) is 1.41. The van der Waals surface area contributed by atoms with Crippen molar-refractivity contribution >= 4 is 27.5 Å². The van der Waals surface area contributed by atoms with Crippen molar-refractivity contribution in [3.8, 4) is 6.07 Å². The molecule has 0 spiro atoms. The van der Waals surface area contributed by atoms with E-state index in [1.807, 2.05) is 6.07 Å². The maximum Gasteiger partial charge on any atom is 0.275 e. The average Bonchev–Trinajstić information content (AvgIpc) is 2.39. The van der Waals surface area contributed by atoms with Gasteiger partial charge in [0.2, 0.25) is 0 Å². The van der Waals surface area contributed by atoms with Crippen molar-refractivity contribution in [1.82, 2.24) is 9.97 Å². The zero-order valence-electron chi connectivity index (χ0n) is 10.0. The molecule has 1 N–H and O–H groups in total. The predicted molar refractivity (Wildman–Crippen MR) is 73.6 cm³/mol. The molecule has 0 aliphatic carbocycles. The number of amides is 1. The van der Waals surface area contributed by atoms with Crippen LogP contribution in [-0.2, 0) is 0 Å². The van der Waals surface area contributed by atoms with Crippen LogP contribution in [0.3, 0.4) is 0 Å². The van der Waals surface area contributed by atoms with Crippen molar-refractivity contribution in [2.75, 3.05) is 5.32 Å². The minimum Gasteiger partial charge on any atom is -0.319 e. The molecule has 0 fully saturated rings. The molecule has 94 valence electrons. The molecule has 5 nitrogen and oxygen atoms in total. The average molecular weight is 317 g/mol. The highest BCUT2D eigenvalue weighted by Gasteiger charge is 2.11. The number of carbonyl (C=O) groups excluding carboxylic acids is 1. The fraction of sp³-hybridized carbons (Fsp3) is 0.0769. The molecule has 0 saturated carbocycles. The van der Waals surface area contributed by atoms with Gasteiger partial charge in [0, 0.05) is 10.7 Å². The van der Waals surface area contributed by atoms with E-state index in [9.17, 15) is 4.79 Å². The first-order valence-corrected chi connectivity index (χ1v) is 6.19. The van der Waals surface area contributed by atoms with Crippen LogP contribution in [0.25, 0.3) is 0 Å². The molecule has 0 atom stereocenters. The topological polar surface area (TPSA) is 78.7 Å². The number of carbonyl (C=O) groups is 1. The Hall–Kier alpha value is -2.26. The number of nitrogens with zero attached hydrogens (tertiary/aromatic N) is 3. The van der Waals surface area contributed by atoms with Crippen LogP contribution < -0.4 is 5.32 Å². The third-order valence-corrected chi connectivity index (χ3v) is 2.86. The Kier molecular flexibility index (Phi) is 3.88. The predicted octanol–water partition coefficient (Wildman–Crippen LogP) is 2.67. The van der Waals surface area contributed by atoms with Crippen LogP contribution in [0.2, 0.25) is 0 Å². The summed E-state index contributed by atoms with van der Waals surface area (Å²) >= 11 is 3.29. The fourth-order valence-corrected chi connectivity index (χ4v) is 1.77. The van der Waals surface area contributed by atoms with Gasteiger partial charge in [0.25, 0.3) is 5.91 Å². The summed E-state index contributed by atoms with van der Waals surface area (Å²) in [5.41, 5.74) is 1.76. The van der Waals surface area contributed by atoms with Crippen LogP contribution in [0.15, 0.2) is 35.1 Å². The van der Waals surface area contributed by atoms with E-state index in [1.165, 1.54) is 12.4 Å². The quantitative estimate of drug-likeness (QED) is 0.923. The van der Waals surface area contributed by atoms with Crippen LogP contribution in [0.5, 0.6) is 0 Å². The molecule has 1 aromatic carbocycles. The molecule has 0 unspecified atom stereocenters. The van der Waals surface area contributed by atoms with Crippen LogP contribution in [-0.4, -0.2) is 15.9 Å². The Morgan fingerprint density at radius 2 is 2.16 bits per heavy atom. The van der Waals surface area contributed by atoms with Crippen molar-refractivity contribution < 1.29 is 4.79 Å². The number of aryl methyl sites for hydroxylation is 1. The monoisotopic (exact) mass is 316 g/mol. The highest BCUT2D eigenvalue weighted by Crippen LogP contribution is 2.21. The normalized spacial score (nSPS) is 9.74. The lowest BCUT2D eigenvalue weighted by Crippen LogP contribution is -2.15. The van der Waals surface area contributed by atoms with E-state index < -0.39 is 5.91 Å². The van der Waals surface area contributed by atoms with E-state index >= 15 is 0 Å². The third-order valence-electron chi connectivity index (χ3n) is 2.36. The number of hydrogen-bond acceptors (Lipinski definition) is 4. The molecule has 1 aromatic heterocycles. The number of nitriles is 1. The summed E-state index contributed by atoms with van der Waals surface area (Å²) in [7, 11) is 0. The van der Waals surface area contributed by atoms with Gasteiger partial charge in [0.05, 0.1) is 23.1 Å². The summed E-state index contributed by atoms with van der Waals surface area (Å²) in [5, 5.41) is 11.6. The maximum atomic E-state index is 12.0. The number of nitrogens with one attached hydrogen (secondary N) is 1. The number of aromatic nitrogens is 2. The van der Waals surface area contributed by atoms with Crippen LogP contribution in [0, 0.1) is 18.3 Å². The Labute approximate surface area is 118 Å². The van der Waals surface area contributed by atoms with E-state index in [0.717, 1.165) is 10.2 Å². The number of hydrogen-bond donors (Lipinski definition) is 1. The molecular formula is C13H9BrN4O. The van der Waals surface area contributed by atoms with Gasteiger partial charge < -0.3 is 5.32 Å². The Morgan fingerprint density at radius 3 is 2.79 bits per heavy atom. The lowest BCUT2D eigenvalue weighted by molar-refractivity contribution is 0.102. The molecule has 1 heterocycles. The summed E-state index contributed by atoms with van der Waals surface area (Å²) in [5.74, 6) is -0.401. The number of benzene rings is 1. The van der Waals surface area contributed by atoms with Gasteiger partial charge in [0.1, 0.15) is 11.8 Å². The standard InChI is InChI=1S/C13H9BrN4O/c1-8-6-17-12(7-16-8)13(19)18-11-4-10(14)3-2-9(11)5-15/h2-4,6-7H,1H3,(H,18,19). The molecule has 19 heavy (non-hydrogen) atoms. The van der Waals surface area contributed by atoms with E-state index in [2.05, 4.69) is 31.2 Å². The Bertz CT molecular complexity index is 661. The molecule has 1 amide bonds. The Balaban J connectivity index is 2.26. The number of anilines is 1. The van der Waals surface area contributed by atoms with Gasteiger partial charge in [-0.2, -0.15) is 5.26 Å². The van der Waals surface area contributed by atoms with Crippen molar-refractivity contribution in [2.45, 2.75) is 6.92 Å². The zero-order valence-corrected chi connectivity index (χ0v) is 11.6. The molecule has 0 radical (unpaired) electrons. The molecule has 0 aliphatic heterocycles. The number of rotatable bonds is 2. The van der Waals surface area contributed by atoms with Gasteiger partial charge in [-0.3, -0.25) is 9.78 Å². The van der Waals surface area contributed by atoms with Gasteiger partial charge >= 0.3 is 0 Å². The minimum atomic E-state index is -0.401. The molecule has 6 heteroatoms. The van der Waals surface area contributed by atoms with Crippen LogP contribution >= 0.6 is 15.9 Å². The first kappa shape index (κ1) is 13.2. The van der Waals surface area contributed by atoms with Crippen LogP contribution in [0.1, 0.15) is 21.7 Å². The highest BCUT2D eigenvalue weighted by molar-refractivity contribution is 9.10. The summed E-state index contributed by atoms with van der Waals surface area (Å²) in [6.07, 6.45) is 2.91. The van der Waals surface area contributed by atoms with E-state index in [4.69, 9.17) is 5.26 Å². The lowest BCUT2D eigenvalue weighted by atomic mass is 10.2. The molecule has 2 rings (SSSR count). The second-order valence-electron chi connectivity index (χ2n) is 3.80. The summed E-state index contributed by atoms with van der Waals surface area (Å²) in [4.78, 5) is 20.0. The molecular weight excluding hydrogens is 308 g/mol. The third kappa shape index (κ3) is 3.14. The van der Waals surface area contributed by atoms with Gasteiger partial charge in [-0.1, -0.05) is 15.9 Å². The molecule has 0 aliphatic rings. The molecule has 0 bridgehead atoms. The summed E-state index contributed by atoms with van der Waals surface area (Å²) in [6, 6.07) is 7.04. The summed E-state index contributed by atoms with van der Waals surface area (Å²) < 4.78 is 0.775. The molecule has 2 aromatic rings. The largest absolute Gasteiger partial charge is 0.319 e. The summed E-state index contributed by atoms with van der Waals surface area (Å²) in [6.45, 7) is 1.79. The van der Waals surface area contributed by atoms with Gasteiger partial charge in [-0.25, -0.2) is 4.98 Å². The van der Waals surface area contributed by atoms with Crippen molar-refractivity contribution in [3.63, 3.8) is 0 Å². The van der Waals surface area contributed by atoms with Crippen molar-refractivity contribution in [2.24, 2.45) is 0 Å². The van der Waals surface area contributed by atoms with Gasteiger partial charge in [0.15, 0.2) is 0 Å². The van der Waals surface area contributed by atoms with Gasteiger partial charge in [-0.15, -0.1) is 0 Å². The second-order valence-corrected chi connectivity index (χ2v) is 4.71. The Morgan fingerprint density at radius 1 is 1.37 bits per heavy atom. The van der Waals surface area contributed by atoms with E-state index in [-0.39, 0.29) is 5.69 Å². The maximum absolute atomic E-state index is 12.0. The first-order valence-electron chi connectivity index (χ1n) is 5.40. The second kappa shape index (κ2) is 5.59. The first-order chi connectivity index (χ1) is 9.10. The van der Waals surface area contributed by atoms with E-state index in [1.54, 1.807) is 25.1 Å². The minimum absolute atomic E-state index is 0.203. The SMILES string of the molecule is Cc1cnc(C(=O)Nc2cc(Br)ccc2C#N)cn1. The van der Waals surface area contributed by atoms with Crippen molar-refractivity contribution in [1.29, 1.82) is 5.26 Å². The van der Waals surface area contributed by atoms with Crippen LogP contribution in [0.4, 0.5) is 5.69 Å². The highest BCUT2D eigenvalue weighted by atomic mass is 79.9. The molecule has 0 saturated heterocycles. The zero-order chi connectivity index (χ0) is 13.8. The van der Waals surface area contributed by atoms with E-state index in [0.29, 0.717) is 11.3 Å². The smallest absolute Gasteiger partial charge is 0.275 e. The lowest BCUT2D eigenvalue weighted by Gasteiger charge is -2.07. The van der Waals surface area contributed by atoms with Gasteiger partial charge in [-0.05, 0) is 25.1 Å². The number of halogens is 1. The van der Waals surface area contributed by atoms with Crippen molar-refractivity contribution in [3.05, 3.63) is 52.0 Å².